The summed E-state index contributed by atoms with van der Waals surface area (Å²) in [7, 11) is 0. The van der Waals surface area contributed by atoms with Gasteiger partial charge in [-0.3, -0.25) is 105 Å². The molecule has 0 spiro atoms. The molecule has 674 valence electrons. The van der Waals surface area contributed by atoms with Crippen molar-refractivity contribution in [1.29, 1.82) is 0 Å². The standard InChI is InChI=1S/C76H111N23O24/c1-38(2)24-49(71(117)92-42(7)76(122)123)93-64(111)36-88-70(116)52(37-100)97-73(119)53-18-13-23-99(53)75(121)51(25-43-14-9-8-10-15-43)94-63(110)34-86-60(107)32-84-58(105)30-82-56(103)28-81-57(104)29-83-59(106)31-85-61(108)33-89-74(120)65(39(3)4)98-67(113)41(6)91-66(112)40(5)90-62(109)35-87-69(115)48(20-22-55(79)102)95-72(118)50(96-68(114)46(77)19-21-54(78)101)26-44-27-80-47-17-12-11-16-45(44)47/h8-12,14-17,27,38-42,46,48-53,65,80,100H,13,18-26,28-37,77H2,1-7H3,(H2,78,101)(H2,79,102)(H,81,104)(H,82,103)(H,83,106)(H,84,105)(H,85,108)(H,86,107)(H,87,115)(H,88,116)(H,89,120)(H,90,109)(H,91,112)(H,92,117)(H,93,111)(H,94,110)(H,95,118)(H,96,114)(H,97,119)(H,98,113)(H,122,123)/t40-,41-,42-,46-,48-,49-,50-,51-,52-,53-,65-/m0/s1. The quantitative estimate of drug-likeness (QED) is 0.0250. The van der Waals surface area contributed by atoms with Gasteiger partial charge in [0.2, 0.25) is 124 Å². The molecule has 2 heterocycles. The van der Waals surface area contributed by atoms with E-state index in [2.05, 4.69) is 101 Å². The lowest BCUT2D eigenvalue weighted by molar-refractivity contribution is -0.142. The van der Waals surface area contributed by atoms with Gasteiger partial charge in [-0.05, 0) is 81.9 Å². The minimum Gasteiger partial charge on any atom is -0.480 e. The first-order valence-electron chi connectivity index (χ1n) is 39.2. The van der Waals surface area contributed by atoms with Gasteiger partial charge in [-0.2, -0.15) is 0 Å². The van der Waals surface area contributed by atoms with E-state index in [-0.39, 0.29) is 57.4 Å². The molecule has 11 atom stereocenters. The minimum atomic E-state index is -1.62. The molecule has 0 bridgehead atoms. The van der Waals surface area contributed by atoms with Gasteiger partial charge in [0.25, 0.3) is 0 Å². The summed E-state index contributed by atoms with van der Waals surface area (Å²) in [5.41, 5.74) is 18.4. The van der Waals surface area contributed by atoms with Gasteiger partial charge in [0, 0.05) is 49.3 Å². The number of hydrogen-bond donors (Lipinski definition) is 24. The molecule has 0 saturated carbocycles. The molecule has 1 aromatic heterocycles. The summed E-state index contributed by atoms with van der Waals surface area (Å²) in [6, 6.07) is 0.815. The monoisotopic (exact) mass is 1730 g/mol. The Hall–Kier alpha value is -13.8. The highest BCUT2D eigenvalue weighted by Crippen LogP contribution is 2.22. The van der Waals surface area contributed by atoms with E-state index in [1.165, 1.54) is 25.7 Å². The van der Waals surface area contributed by atoms with E-state index in [1.807, 2.05) is 0 Å². The van der Waals surface area contributed by atoms with Gasteiger partial charge in [0.05, 0.1) is 71.6 Å². The highest BCUT2D eigenvalue weighted by atomic mass is 16.4. The first-order valence-corrected chi connectivity index (χ1v) is 39.2. The predicted octanol–water partition coefficient (Wildman–Crippen LogP) is -10.9. The average Bonchev–Trinajstić information content (AvgIpc) is 1.71. The Bertz CT molecular complexity index is 4310. The summed E-state index contributed by atoms with van der Waals surface area (Å²) >= 11 is 0. The van der Waals surface area contributed by atoms with Crippen LogP contribution in [-0.2, 0) is 118 Å². The second-order valence-electron chi connectivity index (χ2n) is 29.4. The van der Waals surface area contributed by atoms with Gasteiger partial charge < -0.3 is 133 Å². The van der Waals surface area contributed by atoms with Crippen molar-refractivity contribution in [2.24, 2.45) is 29.0 Å². The van der Waals surface area contributed by atoms with Crippen molar-refractivity contribution in [3.05, 3.63) is 71.9 Å². The van der Waals surface area contributed by atoms with Crippen molar-refractivity contribution in [2.45, 2.75) is 173 Å². The number of carboxylic acid groups (broad SMARTS) is 1. The normalized spacial score (nSPS) is 14.6. The highest BCUT2D eigenvalue weighted by molar-refractivity contribution is 6.01. The molecule has 123 heavy (non-hydrogen) atoms. The molecule has 21 amide bonds. The highest BCUT2D eigenvalue weighted by Gasteiger charge is 2.40. The van der Waals surface area contributed by atoms with Crippen LogP contribution in [0.1, 0.15) is 105 Å². The third-order valence-electron chi connectivity index (χ3n) is 18.5. The van der Waals surface area contributed by atoms with Crippen LogP contribution in [0.25, 0.3) is 10.9 Å². The first-order chi connectivity index (χ1) is 58.0. The largest absolute Gasteiger partial charge is 0.480 e. The Morgan fingerprint density at radius 1 is 0.431 bits per heavy atom. The van der Waals surface area contributed by atoms with E-state index in [4.69, 9.17) is 17.2 Å². The lowest BCUT2D eigenvalue weighted by Crippen LogP contribution is -2.58. The zero-order chi connectivity index (χ0) is 91.7. The van der Waals surface area contributed by atoms with Crippen LogP contribution < -0.4 is 113 Å². The summed E-state index contributed by atoms with van der Waals surface area (Å²) in [5.74, 6) is -20.2. The summed E-state index contributed by atoms with van der Waals surface area (Å²) in [6.45, 7) is 3.08. The van der Waals surface area contributed by atoms with Crippen molar-refractivity contribution in [1.82, 2.24) is 106 Å². The van der Waals surface area contributed by atoms with E-state index in [1.54, 1.807) is 88.5 Å². The summed E-state index contributed by atoms with van der Waals surface area (Å²) in [6.07, 6.45) is 0.791. The Labute approximate surface area is 705 Å². The number of hydrogen-bond acceptors (Lipinski definition) is 24. The topological polar surface area (TPSA) is 730 Å². The SMILES string of the molecule is CC(C)C[C@H](NC(=O)CNC(=O)[C@H](CO)NC(=O)[C@@H]1CCCN1C(=O)[C@H](Cc1ccccc1)NC(=O)CNC(=O)CNC(=O)CNC(=O)CNC(=O)CNC(=O)CNC(=O)CNC(=O)[C@@H](NC(=O)[C@H](C)NC(=O)[C@H](C)NC(=O)CNC(=O)[C@H](CCC(N)=O)NC(=O)[C@H](Cc1c[nH]c2ccccc12)NC(=O)[C@@H](N)CCC(N)=O)C(C)C)C(=O)N[C@@H](C)C(=O)O. The van der Waals surface area contributed by atoms with Crippen LogP contribution in [0.15, 0.2) is 60.8 Å². The zero-order valence-electron chi connectivity index (χ0n) is 69.0. The lowest BCUT2D eigenvalue weighted by Gasteiger charge is -2.29. The average molecular weight is 1730 g/mol. The van der Waals surface area contributed by atoms with Crippen molar-refractivity contribution in [3.8, 4) is 0 Å². The number of carbonyl (C=O) groups is 22. The predicted molar refractivity (Wildman–Crippen MR) is 432 cm³/mol. The molecule has 1 saturated heterocycles. The van der Waals surface area contributed by atoms with E-state index in [0.717, 1.165) is 0 Å². The number of nitrogens with two attached hydrogens (primary N) is 3. The number of aromatic amines is 1. The summed E-state index contributed by atoms with van der Waals surface area (Å²) in [4.78, 5) is 287. The van der Waals surface area contributed by atoms with Crippen molar-refractivity contribution in [2.75, 3.05) is 72.1 Å². The molecule has 0 unspecified atom stereocenters. The number of carbonyl (C=O) groups excluding carboxylic acids is 21. The van der Waals surface area contributed by atoms with Crippen LogP contribution in [0, 0.1) is 11.8 Å². The smallest absolute Gasteiger partial charge is 0.325 e. The Morgan fingerprint density at radius 2 is 0.870 bits per heavy atom. The lowest BCUT2D eigenvalue weighted by atomic mass is 10.0. The van der Waals surface area contributed by atoms with Crippen LogP contribution in [-0.4, -0.2) is 289 Å². The van der Waals surface area contributed by atoms with Crippen LogP contribution in [0.5, 0.6) is 0 Å². The number of primary amides is 2. The van der Waals surface area contributed by atoms with Crippen LogP contribution in [0.2, 0.25) is 0 Å². The number of aliphatic hydroxyl groups excluding tert-OH is 1. The number of likely N-dealkylation sites (tertiary alicyclic amines) is 1. The van der Waals surface area contributed by atoms with Gasteiger partial charge in [0.1, 0.15) is 60.4 Å². The molecule has 1 fully saturated rings. The van der Waals surface area contributed by atoms with E-state index >= 15 is 0 Å². The van der Waals surface area contributed by atoms with Crippen molar-refractivity contribution < 1.29 is 116 Å². The third kappa shape index (κ3) is 37.2. The maximum atomic E-state index is 14.2. The fourth-order valence-electron chi connectivity index (χ4n) is 11.7. The minimum absolute atomic E-state index is 0.0329. The van der Waals surface area contributed by atoms with Gasteiger partial charge >= 0.3 is 5.97 Å². The maximum Gasteiger partial charge on any atom is 0.325 e. The second-order valence-corrected chi connectivity index (χ2v) is 29.4. The first kappa shape index (κ1) is 102. The Balaban J connectivity index is 1.14. The van der Waals surface area contributed by atoms with Gasteiger partial charge in [-0.1, -0.05) is 76.2 Å². The third-order valence-corrected chi connectivity index (χ3v) is 18.5. The molecule has 0 radical (unpaired) electrons. The molecular weight excluding hydrogens is 1620 g/mol. The van der Waals surface area contributed by atoms with Gasteiger partial charge in [0.15, 0.2) is 0 Å². The van der Waals surface area contributed by atoms with Crippen molar-refractivity contribution >= 4 is 141 Å². The number of rotatable bonds is 52. The van der Waals surface area contributed by atoms with E-state index in [9.17, 15) is 116 Å². The van der Waals surface area contributed by atoms with E-state index < -0.39 is 274 Å². The molecular formula is C76H111N23O24. The maximum absolute atomic E-state index is 14.2. The Morgan fingerprint density at radius 3 is 1.39 bits per heavy atom. The molecule has 47 heteroatoms. The summed E-state index contributed by atoms with van der Waals surface area (Å²) < 4.78 is 0. The van der Waals surface area contributed by atoms with Crippen LogP contribution in [0.4, 0.5) is 0 Å². The molecule has 27 N–H and O–H groups in total. The second kappa shape index (κ2) is 51.7. The molecule has 2 aromatic carbocycles. The molecule has 0 aliphatic carbocycles. The zero-order valence-corrected chi connectivity index (χ0v) is 69.0. The number of nitrogens with one attached hydrogen (secondary N) is 19. The number of aliphatic hydroxyl groups is 1. The fraction of sp³-hybridized carbons (Fsp3) is 0.526. The number of benzene rings is 2. The Kier molecular flexibility index (Phi) is 42.7. The number of fused-ring (bicyclic) bond motifs is 1. The molecule has 4 rings (SSSR count). The molecule has 47 nitrogen and oxygen atoms in total. The molecule has 1 aliphatic heterocycles. The van der Waals surface area contributed by atoms with E-state index in [0.29, 0.717) is 28.5 Å². The fourth-order valence-corrected chi connectivity index (χ4v) is 11.7. The number of para-hydroxylation sites is 1. The molecule has 1 aliphatic rings. The molecule has 3 aromatic rings. The number of aliphatic carboxylic acids is 1. The van der Waals surface area contributed by atoms with Crippen molar-refractivity contribution in [3.63, 3.8) is 0 Å². The number of carboxylic acids is 1. The van der Waals surface area contributed by atoms with Crippen LogP contribution in [0.3, 0.4) is 0 Å². The van der Waals surface area contributed by atoms with Gasteiger partial charge in [-0.25, -0.2) is 0 Å². The van der Waals surface area contributed by atoms with Crippen LogP contribution >= 0.6 is 0 Å². The summed E-state index contributed by atoms with van der Waals surface area (Å²) in [5, 5.41) is 62.0. The van der Waals surface area contributed by atoms with Gasteiger partial charge in [-0.15, -0.1) is 0 Å². The number of aromatic nitrogens is 1. The number of nitrogens with zero attached hydrogens (tertiary/aromatic N) is 1. The number of amides is 21. The number of H-pyrrole nitrogens is 1.